The molecular formula is C10H16ClN5. The van der Waals surface area contributed by atoms with Gasteiger partial charge in [0.25, 0.3) is 0 Å². The highest BCUT2D eigenvalue weighted by Crippen LogP contribution is 1.99. The average Bonchev–Trinajstić information content (AvgIpc) is 2.37. The quantitative estimate of drug-likeness (QED) is 0.526. The van der Waals surface area contributed by atoms with Crippen molar-refractivity contribution in [2.24, 2.45) is 27.2 Å². The minimum Gasteiger partial charge on any atom is -0.370 e. The van der Waals surface area contributed by atoms with Crippen LogP contribution in [0.5, 0.6) is 0 Å². The first-order chi connectivity index (χ1) is 9.25. The van der Waals surface area contributed by atoms with Crippen LogP contribution in [0.25, 0.3) is 0 Å². The highest BCUT2D eigenvalue weighted by atomic mass is 35.5. The van der Waals surface area contributed by atoms with E-state index in [1.165, 1.54) is 0 Å². The number of benzene rings is 1. The molecule has 0 unspecified atom stereocenters. The van der Waals surface area contributed by atoms with Gasteiger partial charge in [-0.15, -0.1) is 12.4 Å². The fourth-order valence-electron chi connectivity index (χ4n) is 0.851. The molecule has 6 N–H and O–H groups in total. The Hall–Kier alpha value is -1.75. The number of hydrogen-bond acceptors (Lipinski definition) is 1. The van der Waals surface area contributed by atoms with Gasteiger partial charge in [-0.05, 0) is 12.0 Å². The molecule has 6 heteroatoms. The second-order valence-electron chi connectivity index (χ2n) is 2.63. The summed E-state index contributed by atoms with van der Waals surface area (Å²) >= 11 is 0. The lowest BCUT2D eigenvalue weighted by Gasteiger charge is -1.97. The van der Waals surface area contributed by atoms with Crippen LogP contribution in [0, 0.1) is 0 Å². The molecule has 0 spiro atoms. The van der Waals surface area contributed by atoms with Crippen LogP contribution in [-0.2, 0) is 6.42 Å². The van der Waals surface area contributed by atoms with Crippen molar-refractivity contribution in [1.82, 2.24) is 0 Å². The summed E-state index contributed by atoms with van der Waals surface area (Å²) in [4.78, 5) is 7.34. The van der Waals surface area contributed by atoms with Crippen molar-refractivity contribution in [3.8, 4) is 0 Å². The summed E-state index contributed by atoms with van der Waals surface area (Å²) in [6.45, 7) is 0.108. The second-order valence-corrected chi connectivity index (χ2v) is 2.63. The van der Waals surface area contributed by atoms with E-state index in [9.17, 15) is 0 Å². The maximum Gasteiger partial charge on any atom is 0.218 e. The van der Waals surface area contributed by atoms with Crippen molar-refractivity contribution in [3.63, 3.8) is 0 Å². The van der Waals surface area contributed by atoms with Gasteiger partial charge in [-0.1, -0.05) is 30.2 Å². The third-order valence-electron chi connectivity index (χ3n) is 1.43. The summed E-state index contributed by atoms with van der Waals surface area (Å²) in [7, 11) is 0. The minimum absolute atomic E-state index is 0. The summed E-state index contributed by atoms with van der Waals surface area (Å²) in [5.74, 6) is -0.355. The average molecular weight is 247 g/mol. The Balaban J connectivity index is 0.00000400. The number of nitrogens with two attached hydrogens (primary N) is 3. The van der Waals surface area contributed by atoms with Crippen LogP contribution >= 0.6 is 12.4 Å². The van der Waals surface area contributed by atoms with Gasteiger partial charge in [0.2, 0.25) is 5.96 Å². The molecule has 16 heavy (non-hydrogen) atoms. The summed E-state index contributed by atoms with van der Waals surface area (Å²) in [6.07, 6.45) is 0.135. The third kappa shape index (κ3) is 5.87. The van der Waals surface area contributed by atoms with Crippen molar-refractivity contribution in [2.45, 2.75) is 6.42 Å². The largest absolute Gasteiger partial charge is 0.370 e. The van der Waals surface area contributed by atoms with E-state index >= 15 is 0 Å². The molecule has 0 aromatic heterocycles. The molecule has 1 rings (SSSR count). The van der Waals surface area contributed by atoms with E-state index in [0.717, 1.165) is 0 Å². The molecule has 0 heterocycles. The minimum atomic E-state index is -0.424. The predicted octanol–water partition coefficient (Wildman–Crippen LogP) is 0.239. The summed E-state index contributed by atoms with van der Waals surface area (Å²) < 4.78 is 37.9. The van der Waals surface area contributed by atoms with Gasteiger partial charge in [0.1, 0.15) is 0 Å². The van der Waals surface area contributed by atoms with Crippen molar-refractivity contribution in [1.29, 1.82) is 0 Å². The smallest absolute Gasteiger partial charge is 0.218 e. The SMILES string of the molecule is Cl.[2H]c1c([2H])c([2H])c(CCN=C(N)N=C(N)N)c([2H])c1[2H]. The monoisotopic (exact) mass is 246 g/mol. The van der Waals surface area contributed by atoms with E-state index < -0.39 is 6.04 Å². The van der Waals surface area contributed by atoms with Crippen molar-refractivity contribution in [2.75, 3.05) is 6.54 Å². The number of halogens is 1. The molecule has 88 valence electrons. The lowest BCUT2D eigenvalue weighted by atomic mass is 10.2. The molecule has 1 aromatic rings. The van der Waals surface area contributed by atoms with Gasteiger partial charge in [0.05, 0.1) is 6.85 Å². The number of aliphatic imine (C=N–C) groups is 2. The zero-order chi connectivity index (χ0) is 15.4. The molecule has 0 aliphatic heterocycles. The molecule has 0 aliphatic rings. The molecule has 0 saturated carbocycles. The van der Waals surface area contributed by atoms with Crippen LogP contribution in [0.2, 0.25) is 0 Å². The maximum absolute atomic E-state index is 7.71. The molecule has 0 aliphatic carbocycles. The number of hydrogen-bond donors (Lipinski definition) is 3. The Labute approximate surface area is 108 Å². The van der Waals surface area contributed by atoms with E-state index in [1.807, 2.05) is 0 Å². The van der Waals surface area contributed by atoms with Crippen LogP contribution in [0.15, 0.2) is 40.2 Å². The van der Waals surface area contributed by atoms with Crippen LogP contribution < -0.4 is 17.2 Å². The Morgan fingerprint density at radius 2 is 1.81 bits per heavy atom. The van der Waals surface area contributed by atoms with Gasteiger partial charge in [0, 0.05) is 6.54 Å². The fraction of sp³-hybridized carbons (Fsp3) is 0.200. The van der Waals surface area contributed by atoms with E-state index in [4.69, 9.17) is 24.1 Å². The molecule has 5 nitrogen and oxygen atoms in total. The molecule has 0 bridgehead atoms. The Bertz CT molecular complexity index is 557. The van der Waals surface area contributed by atoms with Crippen LogP contribution in [0.3, 0.4) is 0 Å². The van der Waals surface area contributed by atoms with E-state index in [1.54, 1.807) is 0 Å². The standard InChI is InChI=1S/C10H15N5.ClH/c11-9(12)15-10(13)14-7-6-8-4-2-1-3-5-8;/h1-5H,6-7H2,(H6,11,12,13,14,15);1H/i1D,2D,3D,4D,5D;. The highest BCUT2D eigenvalue weighted by Gasteiger charge is 1.91. The molecule has 0 saturated heterocycles. The summed E-state index contributed by atoms with van der Waals surface area (Å²) in [6, 6.07) is -1.66. The first-order valence-corrected chi connectivity index (χ1v) is 4.21. The predicted molar refractivity (Wildman–Crippen MR) is 69.7 cm³/mol. The van der Waals surface area contributed by atoms with Gasteiger partial charge in [0.15, 0.2) is 5.96 Å². The van der Waals surface area contributed by atoms with Crippen molar-refractivity contribution in [3.05, 3.63) is 35.8 Å². The zero-order valence-electron chi connectivity index (χ0n) is 13.4. The number of nitrogens with zero attached hydrogens (tertiary/aromatic N) is 2. The normalized spacial score (nSPS) is 14.8. The lowest BCUT2D eigenvalue weighted by Crippen LogP contribution is -2.26. The van der Waals surface area contributed by atoms with Crippen molar-refractivity contribution >= 4 is 24.3 Å². The van der Waals surface area contributed by atoms with Gasteiger partial charge in [-0.3, -0.25) is 4.99 Å². The number of guanidine groups is 2. The van der Waals surface area contributed by atoms with Crippen LogP contribution in [0.4, 0.5) is 0 Å². The van der Waals surface area contributed by atoms with E-state index in [-0.39, 0.29) is 67.0 Å². The van der Waals surface area contributed by atoms with Gasteiger partial charge in [-0.2, -0.15) is 4.99 Å². The van der Waals surface area contributed by atoms with Gasteiger partial charge < -0.3 is 17.2 Å². The maximum atomic E-state index is 7.71. The fourth-order valence-corrected chi connectivity index (χ4v) is 0.851. The third-order valence-corrected chi connectivity index (χ3v) is 1.43. The van der Waals surface area contributed by atoms with E-state index in [2.05, 4.69) is 9.98 Å². The van der Waals surface area contributed by atoms with Crippen LogP contribution in [-0.4, -0.2) is 18.5 Å². The first kappa shape index (κ1) is 7.51. The first-order valence-electron chi connectivity index (χ1n) is 6.71. The zero-order valence-corrected chi connectivity index (χ0v) is 9.27. The Morgan fingerprint density at radius 3 is 2.38 bits per heavy atom. The number of rotatable bonds is 3. The second kappa shape index (κ2) is 7.53. The molecule has 0 fully saturated rings. The van der Waals surface area contributed by atoms with Gasteiger partial charge >= 0.3 is 0 Å². The summed E-state index contributed by atoms with van der Waals surface area (Å²) in [5, 5.41) is 0. The lowest BCUT2D eigenvalue weighted by molar-refractivity contribution is 0.962. The van der Waals surface area contributed by atoms with Crippen LogP contribution in [0.1, 0.15) is 12.4 Å². The molecular weight excluding hydrogens is 226 g/mol. The van der Waals surface area contributed by atoms with E-state index in [0.29, 0.717) is 0 Å². The Kier molecular flexibility index (Phi) is 3.53. The topological polar surface area (TPSA) is 103 Å². The van der Waals surface area contributed by atoms with Crippen molar-refractivity contribution < 1.29 is 6.85 Å². The molecule has 0 amide bonds. The molecule has 1 aromatic carbocycles. The molecule has 0 radical (unpaired) electrons. The summed E-state index contributed by atoms with van der Waals surface area (Å²) in [5.41, 5.74) is 15.8. The van der Waals surface area contributed by atoms with Gasteiger partial charge in [-0.25, -0.2) is 0 Å². The Morgan fingerprint density at radius 1 is 1.19 bits per heavy atom. The highest BCUT2D eigenvalue weighted by molar-refractivity contribution is 5.92. The molecule has 0 atom stereocenters.